The zero-order valence-electron chi connectivity index (χ0n) is 22.1. The number of carbonyl (C=O) groups excluding carboxylic acids is 2. The molecule has 1 aromatic carbocycles. The first-order chi connectivity index (χ1) is 17.1. The smallest absolute Gasteiger partial charge is 0.411 e. The second-order valence-corrected chi connectivity index (χ2v) is 10.6. The SMILES string of the molecule is C=C(C)CNC(=O)C(C)(C)[C@@H]1C=C[C@@]2(COCOC)[C@@H](OC(=O)Nc3ccccc3)CC(C)=C[C@H]2C1. The Bertz CT molecular complexity index is 1000. The van der Waals surface area contributed by atoms with Gasteiger partial charge in [-0.25, -0.2) is 4.79 Å². The molecule has 196 valence electrons. The molecule has 7 heteroatoms. The number of carbonyl (C=O) groups is 2. The monoisotopic (exact) mass is 496 g/mol. The third-order valence-electron chi connectivity index (χ3n) is 7.32. The van der Waals surface area contributed by atoms with Crippen molar-refractivity contribution >= 4 is 17.7 Å². The lowest BCUT2D eigenvalue weighted by Gasteiger charge is -2.50. The van der Waals surface area contributed by atoms with E-state index in [0.29, 0.717) is 25.3 Å². The van der Waals surface area contributed by atoms with Crippen LogP contribution in [0.15, 0.2) is 66.3 Å². The fourth-order valence-electron chi connectivity index (χ4n) is 5.12. The highest BCUT2D eigenvalue weighted by Gasteiger charge is 2.52. The van der Waals surface area contributed by atoms with Gasteiger partial charge in [0.15, 0.2) is 0 Å². The van der Waals surface area contributed by atoms with Crippen molar-refractivity contribution in [2.24, 2.45) is 22.7 Å². The van der Waals surface area contributed by atoms with Crippen molar-refractivity contribution in [1.82, 2.24) is 5.32 Å². The summed E-state index contributed by atoms with van der Waals surface area (Å²) < 4.78 is 17.1. The highest BCUT2D eigenvalue weighted by molar-refractivity contribution is 5.84. The summed E-state index contributed by atoms with van der Waals surface area (Å²) in [6.07, 6.45) is 6.88. The number of hydrogen-bond acceptors (Lipinski definition) is 5. The van der Waals surface area contributed by atoms with Crippen LogP contribution in [0, 0.1) is 22.7 Å². The number of anilines is 1. The molecule has 0 fully saturated rings. The van der Waals surface area contributed by atoms with Crippen molar-refractivity contribution in [2.45, 2.75) is 46.6 Å². The van der Waals surface area contributed by atoms with E-state index >= 15 is 0 Å². The third kappa shape index (κ3) is 6.45. The van der Waals surface area contributed by atoms with Crippen LogP contribution in [0.2, 0.25) is 0 Å². The number of allylic oxidation sites excluding steroid dienone is 2. The van der Waals surface area contributed by atoms with Gasteiger partial charge >= 0.3 is 6.09 Å². The molecule has 0 saturated heterocycles. The maximum atomic E-state index is 13.0. The van der Waals surface area contributed by atoms with Gasteiger partial charge in [0.05, 0.1) is 12.0 Å². The summed E-state index contributed by atoms with van der Waals surface area (Å²) in [4.78, 5) is 25.9. The van der Waals surface area contributed by atoms with Crippen molar-refractivity contribution in [3.05, 3.63) is 66.3 Å². The Morgan fingerprint density at radius 2 is 1.94 bits per heavy atom. The van der Waals surface area contributed by atoms with Gasteiger partial charge in [-0.3, -0.25) is 10.1 Å². The van der Waals surface area contributed by atoms with Gasteiger partial charge in [0.2, 0.25) is 5.91 Å². The van der Waals surface area contributed by atoms with Crippen molar-refractivity contribution in [3.63, 3.8) is 0 Å². The molecule has 2 amide bonds. The molecule has 0 heterocycles. The van der Waals surface area contributed by atoms with E-state index in [1.54, 1.807) is 7.11 Å². The number of ether oxygens (including phenoxy) is 3. The summed E-state index contributed by atoms with van der Waals surface area (Å²) in [6, 6.07) is 9.25. The zero-order chi connectivity index (χ0) is 26.3. The Labute approximate surface area is 215 Å². The quantitative estimate of drug-likeness (QED) is 0.255. The molecule has 1 aromatic rings. The van der Waals surface area contributed by atoms with E-state index in [2.05, 4.69) is 42.4 Å². The minimum Gasteiger partial charge on any atom is -0.445 e. The van der Waals surface area contributed by atoms with Gasteiger partial charge in [0.25, 0.3) is 0 Å². The van der Waals surface area contributed by atoms with Crippen LogP contribution in [0.1, 0.15) is 40.5 Å². The van der Waals surface area contributed by atoms with Crippen LogP contribution >= 0.6 is 0 Å². The van der Waals surface area contributed by atoms with Gasteiger partial charge < -0.3 is 19.5 Å². The third-order valence-corrected chi connectivity index (χ3v) is 7.32. The van der Waals surface area contributed by atoms with E-state index in [1.165, 1.54) is 0 Å². The van der Waals surface area contributed by atoms with Gasteiger partial charge in [0.1, 0.15) is 12.9 Å². The van der Waals surface area contributed by atoms with E-state index in [-0.39, 0.29) is 24.5 Å². The molecule has 36 heavy (non-hydrogen) atoms. The van der Waals surface area contributed by atoms with Gasteiger partial charge in [-0.2, -0.15) is 0 Å². The number of rotatable bonds is 10. The van der Waals surface area contributed by atoms with Crippen LogP contribution in [0.5, 0.6) is 0 Å². The fraction of sp³-hybridized carbons (Fsp3) is 0.517. The van der Waals surface area contributed by atoms with E-state index < -0.39 is 23.0 Å². The number of benzene rings is 1. The molecule has 0 bridgehead atoms. The molecule has 0 spiro atoms. The van der Waals surface area contributed by atoms with Gasteiger partial charge in [-0.05, 0) is 44.2 Å². The minimum atomic E-state index is -0.619. The predicted octanol–water partition coefficient (Wildman–Crippen LogP) is 5.47. The standard InChI is InChI=1S/C29H40N2O5/c1-20(2)17-30-26(32)28(4,5)22-12-13-29(18-35-19-34-6)23(16-22)14-21(3)15-25(29)36-27(33)31-24-10-8-7-9-11-24/h7-14,22-23,25H,1,15-19H2,2-6H3,(H,30,32)(H,31,33)/t22-,23+,25+,29+/m1/s1. The lowest BCUT2D eigenvalue weighted by Crippen LogP contribution is -2.52. The Balaban J connectivity index is 1.87. The van der Waals surface area contributed by atoms with Crippen molar-refractivity contribution < 1.29 is 23.8 Å². The summed E-state index contributed by atoms with van der Waals surface area (Å²) in [7, 11) is 1.58. The molecule has 0 aromatic heterocycles. The average Bonchev–Trinajstić information content (AvgIpc) is 2.83. The maximum absolute atomic E-state index is 13.0. The number of amides is 2. The summed E-state index contributed by atoms with van der Waals surface area (Å²) in [5.74, 6) is 0.0276. The average molecular weight is 497 g/mol. The molecule has 0 unspecified atom stereocenters. The molecule has 0 saturated carbocycles. The van der Waals surface area contributed by atoms with Crippen molar-refractivity contribution in [3.8, 4) is 0 Å². The number of hydrogen-bond donors (Lipinski definition) is 2. The summed E-state index contributed by atoms with van der Waals surface area (Å²) in [5, 5.41) is 5.83. The molecule has 3 rings (SSSR count). The number of methoxy groups -OCH3 is 1. The second-order valence-electron chi connectivity index (χ2n) is 10.6. The molecule has 7 nitrogen and oxygen atoms in total. The summed E-state index contributed by atoms with van der Waals surface area (Å²) in [6.45, 7) is 12.7. The Morgan fingerprint density at radius 3 is 2.61 bits per heavy atom. The van der Waals surface area contributed by atoms with Crippen molar-refractivity contribution in [1.29, 1.82) is 0 Å². The Kier molecular flexibility index (Phi) is 9.14. The van der Waals surface area contributed by atoms with Gasteiger partial charge in [0, 0.05) is 31.2 Å². The molecule has 2 N–H and O–H groups in total. The number of fused-ring (bicyclic) bond motifs is 1. The maximum Gasteiger partial charge on any atom is 0.411 e. The second kappa shape index (κ2) is 11.9. The minimum absolute atomic E-state index is 0.00381. The predicted molar refractivity (Wildman–Crippen MR) is 141 cm³/mol. The fourth-order valence-corrected chi connectivity index (χ4v) is 5.12. The Morgan fingerprint density at radius 1 is 1.22 bits per heavy atom. The number of para-hydroxylation sites is 1. The molecular weight excluding hydrogens is 456 g/mol. The molecular formula is C29H40N2O5. The first-order valence-corrected chi connectivity index (χ1v) is 12.5. The number of nitrogens with one attached hydrogen (secondary N) is 2. The van der Waals surface area contributed by atoms with Crippen LogP contribution in [0.25, 0.3) is 0 Å². The highest BCUT2D eigenvalue weighted by atomic mass is 16.7. The lowest BCUT2D eigenvalue weighted by molar-refractivity contribution is -0.132. The summed E-state index contributed by atoms with van der Waals surface area (Å²) in [5.41, 5.74) is 1.55. The van der Waals surface area contributed by atoms with E-state index in [1.807, 2.05) is 51.1 Å². The molecule has 2 aliphatic rings. The lowest BCUT2D eigenvalue weighted by atomic mass is 9.57. The van der Waals surface area contributed by atoms with Crippen LogP contribution in [0.4, 0.5) is 10.5 Å². The van der Waals surface area contributed by atoms with Crippen molar-refractivity contribution in [2.75, 3.05) is 32.4 Å². The van der Waals surface area contributed by atoms with Crippen LogP contribution in [-0.2, 0) is 19.0 Å². The van der Waals surface area contributed by atoms with E-state index in [9.17, 15) is 9.59 Å². The largest absolute Gasteiger partial charge is 0.445 e. The first-order valence-electron chi connectivity index (χ1n) is 12.5. The first kappa shape index (κ1) is 27.7. The summed E-state index contributed by atoms with van der Waals surface area (Å²) >= 11 is 0. The van der Waals surface area contributed by atoms with Crippen LogP contribution < -0.4 is 10.6 Å². The Hall–Kier alpha value is -2.90. The molecule has 0 radical (unpaired) electrons. The van der Waals surface area contributed by atoms with E-state index in [4.69, 9.17) is 14.2 Å². The van der Waals surface area contributed by atoms with Crippen LogP contribution in [0.3, 0.4) is 0 Å². The van der Waals surface area contributed by atoms with Gasteiger partial charge in [-0.15, -0.1) is 0 Å². The molecule has 0 aliphatic heterocycles. The van der Waals surface area contributed by atoms with Crippen LogP contribution in [-0.4, -0.2) is 45.2 Å². The van der Waals surface area contributed by atoms with E-state index in [0.717, 1.165) is 17.6 Å². The normalized spacial score (nSPS) is 25.4. The zero-order valence-corrected chi connectivity index (χ0v) is 22.1. The topological polar surface area (TPSA) is 85.9 Å². The molecule has 4 atom stereocenters. The molecule has 2 aliphatic carbocycles. The van der Waals surface area contributed by atoms with Gasteiger partial charge in [-0.1, -0.05) is 68.0 Å². The highest BCUT2D eigenvalue weighted by Crippen LogP contribution is 2.52.